The highest BCUT2D eigenvalue weighted by molar-refractivity contribution is 6.07. The molecule has 1 amide bonds. The van der Waals surface area contributed by atoms with Crippen LogP contribution in [0.4, 0.5) is 5.82 Å². The number of carbonyl (C=O) groups excluding carboxylic acids is 1. The molecule has 0 bridgehead atoms. The predicted octanol–water partition coefficient (Wildman–Crippen LogP) is 2.51. The van der Waals surface area contributed by atoms with Gasteiger partial charge in [0.15, 0.2) is 0 Å². The van der Waals surface area contributed by atoms with E-state index >= 15 is 0 Å². The van der Waals surface area contributed by atoms with Gasteiger partial charge in [-0.3, -0.25) is 4.79 Å². The van der Waals surface area contributed by atoms with E-state index in [1.807, 2.05) is 79.7 Å². The molecule has 0 radical (unpaired) electrons. The average molecular weight is 418 g/mol. The number of β-amino-alcohol motifs (C(OH)–C–C–N with tert-alkyl or cyclic N) is 1. The van der Waals surface area contributed by atoms with E-state index in [2.05, 4.69) is 4.98 Å². The van der Waals surface area contributed by atoms with Crippen molar-refractivity contribution in [1.82, 2.24) is 9.88 Å². The first kappa shape index (κ1) is 20.0. The van der Waals surface area contributed by atoms with Crippen LogP contribution in [0.3, 0.4) is 0 Å². The number of nitrogens with zero attached hydrogens (tertiary/aromatic N) is 3. The van der Waals surface area contributed by atoms with E-state index in [4.69, 9.17) is 0 Å². The second-order valence-corrected chi connectivity index (χ2v) is 8.93. The molecule has 0 unspecified atom stereocenters. The minimum atomic E-state index is -0.666. The number of rotatable bonds is 4. The van der Waals surface area contributed by atoms with E-state index in [1.54, 1.807) is 4.90 Å². The molecule has 2 aromatic carbocycles. The normalized spacial score (nSPS) is 27.1. The zero-order chi connectivity index (χ0) is 21.8. The maximum Gasteiger partial charge on any atom is 0.254 e. The smallest absolute Gasteiger partial charge is 0.254 e. The van der Waals surface area contributed by atoms with Gasteiger partial charge in [-0.2, -0.15) is 0 Å². The Balaban J connectivity index is 1.50. The summed E-state index contributed by atoms with van der Waals surface area (Å²) in [6.45, 7) is 0.708. The number of aromatic nitrogens is 1. The van der Waals surface area contributed by atoms with E-state index in [1.165, 1.54) is 0 Å². The van der Waals surface area contributed by atoms with E-state index in [0.29, 0.717) is 12.1 Å². The summed E-state index contributed by atoms with van der Waals surface area (Å²) in [5, 5.41) is 21.9. The highest BCUT2D eigenvalue weighted by Crippen LogP contribution is 2.68. The SMILES string of the molecule is CN(C)c1cc(C(=O)N2C[C@H](O)[C@@]3(C2)[C@H](CO)[C@H]3c2ccccc2)c2ccccc2n1. The quantitative estimate of drug-likeness (QED) is 0.682. The van der Waals surface area contributed by atoms with Crippen LogP contribution in [-0.2, 0) is 0 Å². The van der Waals surface area contributed by atoms with Crippen molar-refractivity contribution in [1.29, 1.82) is 0 Å². The maximum absolute atomic E-state index is 13.6. The van der Waals surface area contributed by atoms with Gasteiger partial charge in [-0.1, -0.05) is 48.5 Å². The number of para-hydroxylation sites is 1. The van der Waals surface area contributed by atoms with E-state index in [9.17, 15) is 15.0 Å². The lowest BCUT2D eigenvalue weighted by Gasteiger charge is -2.20. The van der Waals surface area contributed by atoms with Crippen molar-refractivity contribution < 1.29 is 15.0 Å². The topological polar surface area (TPSA) is 76.9 Å². The highest BCUT2D eigenvalue weighted by atomic mass is 16.3. The molecule has 1 aliphatic carbocycles. The van der Waals surface area contributed by atoms with Gasteiger partial charge >= 0.3 is 0 Å². The summed E-state index contributed by atoms with van der Waals surface area (Å²) in [6.07, 6.45) is -0.666. The lowest BCUT2D eigenvalue weighted by Crippen LogP contribution is -2.30. The number of hydrogen-bond acceptors (Lipinski definition) is 5. The Bertz CT molecular complexity index is 1130. The highest BCUT2D eigenvalue weighted by Gasteiger charge is 2.71. The zero-order valence-electron chi connectivity index (χ0n) is 17.8. The number of hydrogen-bond donors (Lipinski definition) is 2. The molecule has 3 aromatic rings. The average Bonchev–Trinajstić information content (AvgIpc) is 3.33. The fourth-order valence-corrected chi connectivity index (χ4v) is 5.46. The van der Waals surface area contributed by atoms with Crippen molar-refractivity contribution in [2.45, 2.75) is 12.0 Å². The van der Waals surface area contributed by atoms with Crippen LogP contribution in [0.25, 0.3) is 10.9 Å². The monoisotopic (exact) mass is 417 g/mol. The van der Waals surface area contributed by atoms with Crippen LogP contribution >= 0.6 is 0 Å². The molecule has 4 atom stereocenters. The second-order valence-electron chi connectivity index (χ2n) is 8.93. The summed E-state index contributed by atoms with van der Waals surface area (Å²) < 4.78 is 0. The molecule has 2 aliphatic rings. The maximum atomic E-state index is 13.6. The number of aliphatic hydroxyl groups excluding tert-OH is 2. The molecule has 2 N–H and O–H groups in total. The van der Waals surface area contributed by atoms with Gasteiger partial charge in [0.05, 0.1) is 17.2 Å². The third kappa shape index (κ3) is 3.01. The van der Waals surface area contributed by atoms with Crippen LogP contribution in [-0.4, -0.2) is 65.9 Å². The Morgan fingerprint density at radius 2 is 1.87 bits per heavy atom. The van der Waals surface area contributed by atoms with Crippen LogP contribution in [0.5, 0.6) is 0 Å². The molecule has 1 saturated carbocycles. The summed E-state index contributed by atoms with van der Waals surface area (Å²) in [4.78, 5) is 21.9. The lowest BCUT2D eigenvalue weighted by molar-refractivity contribution is 0.0766. The van der Waals surface area contributed by atoms with Crippen molar-refractivity contribution in [3.05, 3.63) is 71.8 Å². The number of anilines is 1. The van der Waals surface area contributed by atoms with Gasteiger partial charge in [-0.25, -0.2) is 4.98 Å². The van der Waals surface area contributed by atoms with Crippen molar-refractivity contribution in [2.24, 2.45) is 11.3 Å². The number of carbonyl (C=O) groups is 1. The second kappa shape index (κ2) is 7.32. The molecule has 1 spiro atoms. The molecule has 6 heteroatoms. The third-order valence-electron chi connectivity index (χ3n) is 7.07. The fraction of sp³-hybridized carbons (Fsp3) is 0.360. The molecule has 31 heavy (non-hydrogen) atoms. The first-order valence-electron chi connectivity index (χ1n) is 10.7. The van der Waals surface area contributed by atoms with Gasteiger partial charge in [0.1, 0.15) is 5.82 Å². The summed E-state index contributed by atoms with van der Waals surface area (Å²) in [7, 11) is 3.81. The lowest BCUT2D eigenvalue weighted by atomic mass is 9.95. The fourth-order valence-electron chi connectivity index (χ4n) is 5.46. The minimum Gasteiger partial charge on any atom is -0.396 e. The first-order valence-corrected chi connectivity index (χ1v) is 10.7. The Morgan fingerprint density at radius 3 is 2.58 bits per heavy atom. The standard InChI is InChI=1S/C25H27N3O3/c1-27(2)22-12-18(17-10-6-7-11-20(17)26-22)24(31)28-13-21(30)25(15-28)19(14-29)23(25)16-8-4-3-5-9-16/h3-12,19,21,23,29-30H,13-15H2,1-2H3/t19-,21+,23-,25-/m1/s1. The number of fused-ring (bicyclic) bond motifs is 1. The van der Waals surface area contributed by atoms with Crippen LogP contribution in [0.1, 0.15) is 21.8 Å². The van der Waals surface area contributed by atoms with Crippen molar-refractivity contribution in [2.75, 3.05) is 38.7 Å². The molecular formula is C25H27N3O3. The van der Waals surface area contributed by atoms with Gasteiger partial charge in [0.2, 0.25) is 0 Å². The Morgan fingerprint density at radius 1 is 1.16 bits per heavy atom. The predicted molar refractivity (Wildman–Crippen MR) is 120 cm³/mol. The summed E-state index contributed by atoms with van der Waals surface area (Å²) in [5.41, 5.74) is 1.99. The van der Waals surface area contributed by atoms with Crippen molar-refractivity contribution in [3.8, 4) is 0 Å². The Kier molecular flexibility index (Phi) is 4.72. The summed E-state index contributed by atoms with van der Waals surface area (Å²) in [5.74, 6) is 0.624. The van der Waals surface area contributed by atoms with Crippen molar-refractivity contribution >= 4 is 22.6 Å². The largest absolute Gasteiger partial charge is 0.396 e. The Labute approximate surface area is 181 Å². The van der Waals surface area contributed by atoms with E-state index in [0.717, 1.165) is 22.3 Å². The van der Waals surface area contributed by atoms with Crippen LogP contribution in [0.15, 0.2) is 60.7 Å². The van der Waals surface area contributed by atoms with Gasteiger partial charge < -0.3 is 20.0 Å². The van der Waals surface area contributed by atoms with Crippen LogP contribution < -0.4 is 4.90 Å². The molecule has 2 fully saturated rings. The number of aliphatic hydroxyl groups is 2. The number of likely N-dealkylation sites (tertiary alicyclic amines) is 1. The summed E-state index contributed by atoms with van der Waals surface area (Å²) >= 11 is 0. The number of benzene rings is 2. The first-order chi connectivity index (χ1) is 15.0. The third-order valence-corrected chi connectivity index (χ3v) is 7.07. The molecule has 1 aliphatic heterocycles. The van der Waals surface area contributed by atoms with Gasteiger partial charge in [0, 0.05) is 44.6 Å². The minimum absolute atomic E-state index is 0.00160. The molecule has 5 rings (SSSR count). The van der Waals surface area contributed by atoms with Gasteiger partial charge in [-0.15, -0.1) is 0 Å². The van der Waals surface area contributed by atoms with E-state index in [-0.39, 0.29) is 30.9 Å². The summed E-state index contributed by atoms with van der Waals surface area (Å²) in [6, 6.07) is 19.5. The van der Waals surface area contributed by atoms with Crippen LogP contribution in [0.2, 0.25) is 0 Å². The van der Waals surface area contributed by atoms with Crippen molar-refractivity contribution in [3.63, 3.8) is 0 Å². The molecular weight excluding hydrogens is 390 g/mol. The van der Waals surface area contributed by atoms with Gasteiger partial charge in [-0.05, 0) is 29.5 Å². The van der Waals surface area contributed by atoms with Crippen LogP contribution in [0, 0.1) is 11.3 Å². The number of amides is 1. The van der Waals surface area contributed by atoms with Gasteiger partial charge in [0.25, 0.3) is 5.91 Å². The molecule has 160 valence electrons. The molecule has 6 nitrogen and oxygen atoms in total. The Hall–Kier alpha value is -2.96. The zero-order valence-corrected chi connectivity index (χ0v) is 17.8. The number of pyridine rings is 1. The molecule has 1 aromatic heterocycles. The molecule has 1 saturated heterocycles. The van der Waals surface area contributed by atoms with E-state index < -0.39 is 11.5 Å². The molecule has 2 heterocycles.